The average molecular weight is 262 g/mol. The number of aromatic nitrogens is 2. The van der Waals surface area contributed by atoms with E-state index >= 15 is 0 Å². The molecule has 1 aromatic heterocycles. The molecule has 0 unspecified atom stereocenters. The Morgan fingerprint density at radius 3 is 2.05 bits per heavy atom. The number of hydrogen-bond donors (Lipinski definition) is 1. The third-order valence-corrected chi connectivity index (χ3v) is 3.19. The van der Waals surface area contributed by atoms with E-state index in [2.05, 4.69) is 16.5 Å². The minimum Gasteiger partial charge on any atom is -0.481 e. The van der Waals surface area contributed by atoms with Crippen LogP contribution in [0.15, 0.2) is 25.0 Å². The lowest BCUT2D eigenvalue weighted by molar-refractivity contribution is -0.140. The first-order chi connectivity index (χ1) is 8.59. The molecule has 4 heteroatoms. The molecule has 4 nitrogen and oxygen atoms in total. The van der Waals surface area contributed by atoms with Gasteiger partial charge in [0.25, 0.3) is 0 Å². The normalized spacial score (nSPS) is 13.9. The maximum absolute atomic E-state index is 11.5. The molecule has 0 aliphatic heterocycles. The van der Waals surface area contributed by atoms with E-state index in [9.17, 15) is 9.90 Å². The van der Waals surface area contributed by atoms with E-state index in [0.29, 0.717) is 11.4 Å². The number of aliphatic carboxylic acids is 1. The lowest BCUT2D eigenvalue weighted by atomic mass is 9.76. The van der Waals surface area contributed by atoms with Crippen molar-refractivity contribution in [2.24, 2.45) is 5.41 Å². The Morgan fingerprint density at radius 1 is 1.26 bits per heavy atom. The van der Waals surface area contributed by atoms with Gasteiger partial charge in [-0.3, -0.25) is 4.79 Å². The van der Waals surface area contributed by atoms with E-state index in [-0.39, 0.29) is 5.41 Å². The smallest absolute Gasteiger partial charge is 0.311 e. The van der Waals surface area contributed by atoms with Gasteiger partial charge in [0.05, 0.1) is 5.92 Å². The van der Waals surface area contributed by atoms with Crippen LogP contribution in [0.5, 0.6) is 0 Å². The zero-order valence-electron chi connectivity index (χ0n) is 12.3. The molecule has 1 N–H and O–H groups in total. The molecule has 1 rings (SSSR count). The van der Waals surface area contributed by atoms with E-state index in [1.807, 2.05) is 34.6 Å². The molecule has 1 aromatic rings. The highest BCUT2D eigenvalue weighted by Crippen LogP contribution is 2.36. The fourth-order valence-corrected chi connectivity index (χ4v) is 1.88. The molecule has 1 atom stereocenters. The summed E-state index contributed by atoms with van der Waals surface area (Å²) in [6, 6.07) is 0. The van der Waals surface area contributed by atoms with Gasteiger partial charge in [-0.2, -0.15) is 0 Å². The zero-order chi connectivity index (χ0) is 14.8. The summed E-state index contributed by atoms with van der Waals surface area (Å²) in [5, 5.41) is 9.42. The van der Waals surface area contributed by atoms with Crippen molar-refractivity contribution in [1.29, 1.82) is 0 Å². The second-order valence-electron chi connectivity index (χ2n) is 6.39. The molecular formula is C15H22N2O2. The van der Waals surface area contributed by atoms with Gasteiger partial charge in [-0.25, -0.2) is 9.97 Å². The van der Waals surface area contributed by atoms with E-state index in [1.165, 1.54) is 0 Å². The molecule has 0 saturated heterocycles. The number of rotatable bonds is 4. The van der Waals surface area contributed by atoms with Gasteiger partial charge < -0.3 is 5.11 Å². The van der Waals surface area contributed by atoms with Crippen LogP contribution in [0.25, 0.3) is 0 Å². The summed E-state index contributed by atoms with van der Waals surface area (Å²) in [6.07, 6.45) is 4.87. The molecule has 0 aliphatic carbocycles. The van der Waals surface area contributed by atoms with Gasteiger partial charge >= 0.3 is 5.97 Å². The maximum Gasteiger partial charge on any atom is 0.311 e. The average Bonchev–Trinajstić information content (AvgIpc) is 2.27. The first-order valence-corrected chi connectivity index (χ1v) is 6.28. The van der Waals surface area contributed by atoms with Crippen molar-refractivity contribution in [3.05, 3.63) is 36.4 Å². The molecule has 19 heavy (non-hydrogen) atoms. The number of carboxylic acid groups (broad SMARTS) is 1. The van der Waals surface area contributed by atoms with Crippen molar-refractivity contribution < 1.29 is 9.90 Å². The number of hydrogen-bond acceptors (Lipinski definition) is 3. The Morgan fingerprint density at radius 2 is 1.74 bits per heavy atom. The predicted molar refractivity (Wildman–Crippen MR) is 75.1 cm³/mol. The fourth-order valence-electron chi connectivity index (χ4n) is 1.88. The largest absolute Gasteiger partial charge is 0.481 e. The standard InChI is InChI=1S/C15H22N2O2/c1-7-15(5,6)11(12(18)19)10-8-16-13(17-9-10)14(2,3)4/h7-9,11H,1H2,2-6H3,(H,18,19)/t11-/m0/s1. The first kappa shape index (κ1) is 15.3. The monoisotopic (exact) mass is 262 g/mol. The van der Waals surface area contributed by atoms with E-state index in [0.717, 1.165) is 0 Å². The van der Waals surface area contributed by atoms with Crippen molar-refractivity contribution in [3.8, 4) is 0 Å². The molecular weight excluding hydrogens is 240 g/mol. The molecule has 0 saturated carbocycles. The van der Waals surface area contributed by atoms with Gasteiger partial charge in [-0.15, -0.1) is 6.58 Å². The molecule has 0 aliphatic rings. The Balaban J connectivity index is 3.20. The number of carbonyl (C=O) groups is 1. The molecule has 0 amide bonds. The zero-order valence-corrected chi connectivity index (χ0v) is 12.3. The van der Waals surface area contributed by atoms with Crippen molar-refractivity contribution >= 4 is 5.97 Å². The van der Waals surface area contributed by atoms with Gasteiger partial charge in [-0.05, 0) is 5.41 Å². The summed E-state index contributed by atoms with van der Waals surface area (Å²) in [7, 11) is 0. The van der Waals surface area contributed by atoms with E-state index in [1.54, 1.807) is 18.5 Å². The summed E-state index contributed by atoms with van der Waals surface area (Å²) in [6.45, 7) is 13.5. The SMILES string of the molecule is C=CC(C)(C)[C@H](C(=O)O)c1cnc(C(C)(C)C)nc1. The van der Waals surface area contributed by atoms with Crippen molar-refractivity contribution in [3.63, 3.8) is 0 Å². The second kappa shape index (κ2) is 5.11. The van der Waals surface area contributed by atoms with Crippen LogP contribution in [0.1, 0.15) is 51.9 Å². The Bertz CT molecular complexity index is 470. The van der Waals surface area contributed by atoms with Gasteiger partial charge in [0, 0.05) is 23.4 Å². The molecule has 1 heterocycles. The minimum atomic E-state index is -0.892. The van der Waals surface area contributed by atoms with Gasteiger partial charge in [0.2, 0.25) is 0 Å². The van der Waals surface area contributed by atoms with Crippen molar-refractivity contribution in [2.75, 3.05) is 0 Å². The molecule has 0 radical (unpaired) electrons. The van der Waals surface area contributed by atoms with Gasteiger partial charge in [0.1, 0.15) is 5.82 Å². The van der Waals surface area contributed by atoms with Gasteiger partial charge in [0.15, 0.2) is 0 Å². The van der Waals surface area contributed by atoms with Crippen LogP contribution in [0.3, 0.4) is 0 Å². The highest BCUT2D eigenvalue weighted by molar-refractivity contribution is 5.77. The summed E-state index contributed by atoms with van der Waals surface area (Å²) in [4.78, 5) is 20.1. The van der Waals surface area contributed by atoms with Gasteiger partial charge in [-0.1, -0.05) is 40.7 Å². The highest BCUT2D eigenvalue weighted by Gasteiger charge is 2.35. The van der Waals surface area contributed by atoms with Crippen LogP contribution < -0.4 is 0 Å². The topological polar surface area (TPSA) is 63.1 Å². The predicted octanol–water partition coefficient (Wildman–Crippen LogP) is 3.15. The number of carboxylic acids is 1. The van der Waals surface area contributed by atoms with Crippen molar-refractivity contribution in [1.82, 2.24) is 9.97 Å². The van der Waals surface area contributed by atoms with Crippen LogP contribution in [0, 0.1) is 5.41 Å². The maximum atomic E-state index is 11.5. The molecule has 0 spiro atoms. The van der Waals surface area contributed by atoms with Crippen LogP contribution in [0.4, 0.5) is 0 Å². The lowest BCUT2D eigenvalue weighted by Crippen LogP contribution is -2.28. The lowest BCUT2D eigenvalue weighted by Gasteiger charge is -2.28. The first-order valence-electron chi connectivity index (χ1n) is 6.28. The Kier molecular flexibility index (Phi) is 4.13. The van der Waals surface area contributed by atoms with Crippen LogP contribution in [-0.2, 0) is 10.2 Å². The van der Waals surface area contributed by atoms with E-state index in [4.69, 9.17) is 0 Å². The summed E-state index contributed by atoms with van der Waals surface area (Å²) in [5.74, 6) is -0.882. The third kappa shape index (κ3) is 3.40. The molecule has 104 valence electrons. The van der Waals surface area contributed by atoms with E-state index < -0.39 is 17.3 Å². The highest BCUT2D eigenvalue weighted by atomic mass is 16.4. The van der Waals surface area contributed by atoms with Crippen molar-refractivity contribution in [2.45, 2.75) is 46.0 Å². The molecule has 0 fully saturated rings. The van der Waals surface area contributed by atoms with Crippen LogP contribution in [-0.4, -0.2) is 21.0 Å². The molecule has 0 aromatic carbocycles. The Labute approximate surface area is 114 Å². The van der Waals surface area contributed by atoms with Crippen LogP contribution >= 0.6 is 0 Å². The van der Waals surface area contributed by atoms with Crippen LogP contribution in [0.2, 0.25) is 0 Å². The minimum absolute atomic E-state index is 0.148. The summed E-state index contributed by atoms with van der Waals surface area (Å²) >= 11 is 0. The Hall–Kier alpha value is -1.71. The third-order valence-electron chi connectivity index (χ3n) is 3.19. The quantitative estimate of drug-likeness (QED) is 0.847. The summed E-state index contributed by atoms with van der Waals surface area (Å²) < 4.78 is 0. The number of nitrogens with zero attached hydrogens (tertiary/aromatic N) is 2. The fraction of sp³-hybridized carbons (Fsp3) is 0.533. The number of allylic oxidation sites excluding steroid dienone is 1. The second-order valence-corrected chi connectivity index (χ2v) is 6.39. The molecule has 0 bridgehead atoms. The summed E-state index contributed by atoms with van der Waals surface area (Å²) in [5.41, 5.74) is -0.102.